The third-order valence-electron chi connectivity index (χ3n) is 6.74. The molecule has 3 aliphatic rings. The monoisotopic (exact) mass is 458 g/mol. The van der Waals surface area contributed by atoms with E-state index >= 15 is 0 Å². The summed E-state index contributed by atoms with van der Waals surface area (Å²) >= 11 is 0. The van der Waals surface area contributed by atoms with E-state index in [1.165, 1.54) is 0 Å². The third kappa shape index (κ3) is 4.30. The quantitative estimate of drug-likeness (QED) is 0.734. The summed E-state index contributed by atoms with van der Waals surface area (Å²) in [4.78, 5) is 30.1. The van der Waals surface area contributed by atoms with Crippen molar-refractivity contribution in [1.82, 2.24) is 15.0 Å². The van der Waals surface area contributed by atoms with Crippen molar-refractivity contribution in [2.24, 2.45) is 0 Å². The van der Waals surface area contributed by atoms with Gasteiger partial charge in [-0.3, -0.25) is 4.79 Å². The molecule has 1 aliphatic carbocycles. The van der Waals surface area contributed by atoms with Crippen LogP contribution >= 0.6 is 0 Å². The van der Waals surface area contributed by atoms with E-state index in [-0.39, 0.29) is 30.9 Å². The highest BCUT2D eigenvalue weighted by Gasteiger charge is 2.39. The van der Waals surface area contributed by atoms with Gasteiger partial charge in [0.2, 0.25) is 23.7 Å². The number of nitrogens with zero attached hydrogens (tertiary/aromatic N) is 5. The van der Waals surface area contributed by atoms with Gasteiger partial charge in [-0.05, 0) is 38.2 Å². The Kier molecular flexibility index (Phi) is 5.54. The first-order valence-corrected chi connectivity index (χ1v) is 11.5. The molecule has 2 aromatic rings. The van der Waals surface area contributed by atoms with E-state index in [9.17, 15) is 13.6 Å². The number of likely N-dealkylation sites (N-methyl/N-ethyl adjacent to an activating group) is 1. The number of halogens is 2. The van der Waals surface area contributed by atoms with E-state index in [4.69, 9.17) is 9.72 Å². The largest absolute Gasteiger partial charge is 0.474 e. The van der Waals surface area contributed by atoms with Crippen molar-refractivity contribution in [1.29, 1.82) is 0 Å². The first-order valence-electron chi connectivity index (χ1n) is 11.5. The molecule has 0 saturated heterocycles. The first-order chi connectivity index (χ1) is 15.8. The van der Waals surface area contributed by atoms with Gasteiger partial charge >= 0.3 is 0 Å². The van der Waals surface area contributed by atoms with Crippen LogP contribution in [-0.2, 0) is 17.8 Å². The van der Waals surface area contributed by atoms with Crippen LogP contribution in [0.4, 0.5) is 26.2 Å². The standard InChI is InChI=1S/C23H28F2N6O2/c1-14-21(32)31-11-3-4-17-19(31)20(30(14)2)29-22(28-17)27-13-15-5-6-18(26-12-15)33-16-7-9-23(24,25)10-8-16/h5-6,12,14,16H,3-4,7-11,13H2,1-2H3,(H,27,28,29). The molecule has 8 nitrogen and oxygen atoms in total. The number of nitrogens with one attached hydrogen (secondary N) is 1. The van der Waals surface area contributed by atoms with Gasteiger partial charge < -0.3 is 19.9 Å². The van der Waals surface area contributed by atoms with Crippen LogP contribution in [0.1, 0.15) is 50.3 Å². The molecule has 1 fully saturated rings. The van der Waals surface area contributed by atoms with Crippen LogP contribution in [0.25, 0.3) is 0 Å². The average molecular weight is 459 g/mol. The van der Waals surface area contributed by atoms with Crippen molar-refractivity contribution < 1.29 is 18.3 Å². The summed E-state index contributed by atoms with van der Waals surface area (Å²) in [5.41, 5.74) is 2.65. The molecule has 4 heterocycles. The molecular formula is C23H28F2N6O2. The van der Waals surface area contributed by atoms with Crippen molar-refractivity contribution in [2.45, 2.75) is 70.1 Å². The average Bonchev–Trinajstić information content (AvgIpc) is 2.81. The summed E-state index contributed by atoms with van der Waals surface area (Å²) in [6.07, 6.45) is 3.59. The van der Waals surface area contributed by atoms with Gasteiger partial charge in [-0.1, -0.05) is 6.07 Å². The van der Waals surface area contributed by atoms with E-state index in [1.807, 2.05) is 29.8 Å². The second-order valence-electron chi connectivity index (χ2n) is 9.08. The minimum atomic E-state index is -2.57. The van der Waals surface area contributed by atoms with Gasteiger partial charge in [-0.15, -0.1) is 0 Å². The molecule has 1 saturated carbocycles. The van der Waals surface area contributed by atoms with Gasteiger partial charge in [-0.2, -0.15) is 4.98 Å². The first kappa shape index (κ1) is 21.8. The number of ether oxygens (including phenoxy) is 1. The number of aryl methyl sites for hydroxylation is 1. The molecule has 176 valence electrons. The normalized spacial score (nSPS) is 22.2. The fraction of sp³-hybridized carbons (Fsp3) is 0.565. The van der Waals surface area contributed by atoms with E-state index in [0.29, 0.717) is 37.8 Å². The lowest BCUT2D eigenvalue weighted by molar-refractivity contribution is -0.119. The molecule has 5 rings (SSSR count). The van der Waals surface area contributed by atoms with Crippen LogP contribution in [0.3, 0.4) is 0 Å². The highest BCUT2D eigenvalue weighted by atomic mass is 19.3. The Morgan fingerprint density at radius 2 is 2.03 bits per heavy atom. The maximum absolute atomic E-state index is 13.3. The molecule has 1 amide bonds. The number of carbonyl (C=O) groups is 1. The molecule has 0 spiro atoms. The molecule has 0 bridgehead atoms. The number of pyridine rings is 1. The van der Waals surface area contributed by atoms with Crippen LogP contribution in [0.5, 0.6) is 5.88 Å². The molecule has 10 heteroatoms. The molecule has 1 atom stereocenters. The predicted molar refractivity (Wildman–Crippen MR) is 120 cm³/mol. The van der Waals surface area contributed by atoms with Gasteiger partial charge in [0.05, 0.1) is 5.69 Å². The van der Waals surface area contributed by atoms with Gasteiger partial charge in [0.1, 0.15) is 17.8 Å². The van der Waals surface area contributed by atoms with Crippen LogP contribution in [0.15, 0.2) is 18.3 Å². The molecule has 33 heavy (non-hydrogen) atoms. The van der Waals surface area contributed by atoms with Gasteiger partial charge in [0.15, 0.2) is 5.82 Å². The smallest absolute Gasteiger partial charge is 0.249 e. The van der Waals surface area contributed by atoms with Crippen molar-refractivity contribution in [3.8, 4) is 5.88 Å². The minimum absolute atomic E-state index is 0.0885. The number of carbonyl (C=O) groups excluding carboxylic acids is 1. The van der Waals surface area contributed by atoms with E-state index < -0.39 is 5.92 Å². The number of amides is 1. The molecule has 2 aliphatic heterocycles. The Bertz CT molecular complexity index is 1040. The SMILES string of the molecule is CC1C(=O)N2CCCc3nc(NCc4ccc(OC5CCC(F)(F)CC5)nc4)nc(c32)N1C. The summed E-state index contributed by atoms with van der Waals surface area (Å²) in [6, 6.07) is 3.39. The fourth-order valence-electron chi connectivity index (χ4n) is 4.64. The highest BCUT2D eigenvalue weighted by Crippen LogP contribution is 2.39. The summed E-state index contributed by atoms with van der Waals surface area (Å²) in [5.74, 6) is -0.744. The Labute approximate surface area is 191 Å². The molecule has 0 radical (unpaired) electrons. The summed E-state index contributed by atoms with van der Waals surface area (Å²) in [6.45, 7) is 3.07. The number of alkyl halides is 2. The van der Waals surface area contributed by atoms with Gasteiger partial charge in [0.25, 0.3) is 0 Å². The molecular weight excluding hydrogens is 430 g/mol. The summed E-state index contributed by atoms with van der Waals surface area (Å²) < 4.78 is 32.4. The Morgan fingerprint density at radius 1 is 1.24 bits per heavy atom. The number of rotatable bonds is 5. The van der Waals surface area contributed by atoms with Gasteiger partial charge in [-0.25, -0.2) is 18.7 Å². The third-order valence-corrected chi connectivity index (χ3v) is 6.74. The highest BCUT2D eigenvalue weighted by molar-refractivity contribution is 6.05. The number of anilines is 3. The second kappa shape index (κ2) is 8.39. The lowest BCUT2D eigenvalue weighted by atomic mass is 9.94. The van der Waals surface area contributed by atoms with Crippen molar-refractivity contribution >= 4 is 23.4 Å². The summed E-state index contributed by atoms with van der Waals surface area (Å²) in [5, 5.41) is 3.26. The fourth-order valence-corrected chi connectivity index (χ4v) is 4.64. The molecule has 1 N–H and O–H groups in total. The lowest BCUT2D eigenvalue weighted by Crippen LogP contribution is -2.53. The molecule has 2 aromatic heterocycles. The van der Waals surface area contributed by atoms with Crippen molar-refractivity contribution in [3.05, 3.63) is 29.6 Å². The van der Waals surface area contributed by atoms with Crippen LogP contribution < -0.4 is 19.9 Å². The predicted octanol–water partition coefficient (Wildman–Crippen LogP) is 3.56. The maximum atomic E-state index is 13.3. The number of aromatic nitrogens is 3. The number of hydrogen-bond donors (Lipinski definition) is 1. The second-order valence-corrected chi connectivity index (χ2v) is 9.08. The van der Waals surface area contributed by atoms with Crippen LogP contribution in [-0.4, -0.2) is 52.5 Å². The minimum Gasteiger partial charge on any atom is -0.474 e. The van der Waals surface area contributed by atoms with E-state index in [0.717, 1.165) is 35.6 Å². The molecule has 0 aromatic carbocycles. The summed E-state index contributed by atoms with van der Waals surface area (Å²) in [7, 11) is 1.89. The van der Waals surface area contributed by atoms with Gasteiger partial charge in [0, 0.05) is 45.2 Å². The lowest BCUT2D eigenvalue weighted by Gasteiger charge is -2.41. The Balaban J connectivity index is 1.24. The zero-order valence-electron chi connectivity index (χ0n) is 18.9. The van der Waals surface area contributed by atoms with Crippen molar-refractivity contribution in [3.63, 3.8) is 0 Å². The topological polar surface area (TPSA) is 83.5 Å². The zero-order chi connectivity index (χ0) is 23.2. The maximum Gasteiger partial charge on any atom is 0.249 e. The van der Waals surface area contributed by atoms with Crippen LogP contribution in [0, 0.1) is 0 Å². The van der Waals surface area contributed by atoms with Crippen LogP contribution in [0.2, 0.25) is 0 Å². The Hall–Kier alpha value is -3.04. The Morgan fingerprint density at radius 3 is 2.76 bits per heavy atom. The number of hydrogen-bond acceptors (Lipinski definition) is 7. The zero-order valence-corrected chi connectivity index (χ0v) is 18.9. The molecule has 1 unspecified atom stereocenters. The van der Waals surface area contributed by atoms with E-state index in [2.05, 4.69) is 15.3 Å². The van der Waals surface area contributed by atoms with Crippen molar-refractivity contribution in [2.75, 3.05) is 28.7 Å². The van der Waals surface area contributed by atoms with E-state index in [1.54, 1.807) is 12.3 Å².